The summed E-state index contributed by atoms with van der Waals surface area (Å²) in [5.41, 5.74) is 1.21. The number of nitrogens with zero attached hydrogens (tertiary/aromatic N) is 1. The average molecular weight is 248 g/mol. The number of nitrogens with one attached hydrogen (secondary N) is 1. The Morgan fingerprint density at radius 1 is 1.22 bits per heavy atom. The fourth-order valence-corrected chi connectivity index (χ4v) is 1.55. The highest BCUT2D eigenvalue weighted by molar-refractivity contribution is 5.27. The summed E-state index contributed by atoms with van der Waals surface area (Å²) in [6.07, 6.45) is 2.21. The lowest BCUT2D eigenvalue weighted by Gasteiger charge is -2.06. The Hall–Kier alpha value is -1.57. The van der Waals surface area contributed by atoms with Crippen molar-refractivity contribution in [3.8, 4) is 11.8 Å². The molecule has 0 unspecified atom stereocenters. The van der Waals surface area contributed by atoms with Crippen LogP contribution in [0.25, 0.3) is 0 Å². The van der Waals surface area contributed by atoms with Gasteiger partial charge in [-0.15, -0.1) is 0 Å². The molecule has 0 saturated carbocycles. The van der Waals surface area contributed by atoms with E-state index in [9.17, 15) is 0 Å². The number of rotatable bonds is 9. The number of benzene rings is 1. The number of methoxy groups -OCH3 is 1. The van der Waals surface area contributed by atoms with Crippen molar-refractivity contribution in [1.82, 2.24) is 5.32 Å². The Balaban J connectivity index is 2.17. The first-order valence-electron chi connectivity index (χ1n) is 6.15. The van der Waals surface area contributed by atoms with E-state index < -0.39 is 0 Å². The molecule has 4 heteroatoms. The van der Waals surface area contributed by atoms with Crippen LogP contribution in [0, 0.1) is 11.3 Å². The molecular weight excluding hydrogens is 228 g/mol. The maximum absolute atomic E-state index is 8.39. The molecule has 0 aliphatic rings. The smallest absolute Gasteiger partial charge is 0.174 e. The molecular formula is C14H20N2O2. The second kappa shape index (κ2) is 9.46. The van der Waals surface area contributed by atoms with Gasteiger partial charge >= 0.3 is 0 Å². The fraction of sp³-hybridized carbons (Fsp3) is 0.500. The van der Waals surface area contributed by atoms with E-state index in [2.05, 4.69) is 5.32 Å². The van der Waals surface area contributed by atoms with E-state index in [1.54, 1.807) is 7.11 Å². The Morgan fingerprint density at radius 2 is 2.00 bits per heavy atom. The summed E-state index contributed by atoms with van der Waals surface area (Å²) in [7, 11) is 1.73. The predicted octanol–water partition coefficient (Wildman–Crippen LogP) is 2.11. The molecule has 0 heterocycles. The van der Waals surface area contributed by atoms with Crippen LogP contribution in [-0.4, -0.2) is 26.9 Å². The van der Waals surface area contributed by atoms with Gasteiger partial charge in [-0.1, -0.05) is 12.1 Å². The molecule has 1 rings (SSSR count). The van der Waals surface area contributed by atoms with E-state index in [0.717, 1.165) is 38.3 Å². The molecule has 0 atom stereocenters. The van der Waals surface area contributed by atoms with Gasteiger partial charge in [0.1, 0.15) is 11.8 Å². The lowest BCUT2D eigenvalue weighted by molar-refractivity contribution is 0.192. The number of unbranched alkanes of at least 4 members (excludes halogenated alkanes) is 1. The summed E-state index contributed by atoms with van der Waals surface area (Å²) < 4.78 is 10.2. The number of hydrogen-bond donors (Lipinski definition) is 1. The van der Waals surface area contributed by atoms with Crippen LogP contribution in [0.5, 0.6) is 5.75 Å². The molecule has 18 heavy (non-hydrogen) atoms. The van der Waals surface area contributed by atoms with Crippen molar-refractivity contribution in [3.05, 3.63) is 29.8 Å². The van der Waals surface area contributed by atoms with Crippen LogP contribution in [0.15, 0.2) is 24.3 Å². The minimum absolute atomic E-state index is 0.0943. The van der Waals surface area contributed by atoms with E-state index in [-0.39, 0.29) is 6.61 Å². The predicted molar refractivity (Wildman–Crippen MR) is 70.4 cm³/mol. The third-order valence-corrected chi connectivity index (χ3v) is 2.51. The normalized spacial score (nSPS) is 10.0. The highest BCUT2D eigenvalue weighted by Crippen LogP contribution is 2.11. The van der Waals surface area contributed by atoms with Gasteiger partial charge in [-0.3, -0.25) is 0 Å². The molecule has 1 aromatic rings. The summed E-state index contributed by atoms with van der Waals surface area (Å²) in [6.45, 7) is 2.77. The van der Waals surface area contributed by atoms with Crippen molar-refractivity contribution in [3.63, 3.8) is 0 Å². The van der Waals surface area contributed by atoms with Crippen molar-refractivity contribution >= 4 is 0 Å². The maximum atomic E-state index is 8.39. The van der Waals surface area contributed by atoms with Gasteiger partial charge in [-0.25, -0.2) is 0 Å². The van der Waals surface area contributed by atoms with Crippen molar-refractivity contribution < 1.29 is 9.47 Å². The van der Waals surface area contributed by atoms with Gasteiger partial charge in [-0.05, 0) is 37.1 Å². The van der Waals surface area contributed by atoms with Crippen molar-refractivity contribution in [2.24, 2.45) is 0 Å². The first kappa shape index (κ1) is 14.5. The Bertz CT molecular complexity index is 357. The molecule has 0 saturated heterocycles. The third-order valence-electron chi connectivity index (χ3n) is 2.51. The number of ether oxygens (including phenoxy) is 2. The Labute approximate surface area is 109 Å². The molecule has 0 aliphatic carbocycles. The van der Waals surface area contributed by atoms with E-state index in [1.807, 2.05) is 30.3 Å². The third kappa shape index (κ3) is 6.24. The Kier molecular flexibility index (Phi) is 7.61. The van der Waals surface area contributed by atoms with Crippen LogP contribution < -0.4 is 10.1 Å². The first-order chi connectivity index (χ1) is 8.86. The van der Waals surface area contributed by atoms with Crippen molar-refractivity contribution in [2.45, 2.75) is 19.4 Å². The highest BCUT2D eigenvalue weighted by Gasteiger charge is 1.95. The van der Waals surface area contributed by atoms with E-state index in [1.165, 1.54) is 5.56 Å². The summed E-state index contributed by atoms with van der Waals surface area (Å²) >= 11 is 0. The molecule has 98 valence electrons. The van der Waals surface area contributed by atoms with Gasteiger partial charge in [0.25, 0.3) is 0 Å². The molecule has 0 aromatic heterocycles. The minimum Gasteiger partial charge on any atom is -0.479 e. The van der Waals surface area contributed by atoms with E-state index >= 15 is 0 Å². The maximum Gasteiger partial charge on any atom is 0.174 e. The summed E-state index contributed by atoms with van der Waals surface area (Å²) in [5, 5.41) is 11.8. The fourth-order valence-electron chi connectivity index (χ4n) is 1.55. The zero-order valence-corrected chi connectivity index (χ0v) is 10.8. The first-order valence-corrected chi connectivity index (χ1v) is 6.15. The van der Waals surface area contributed by atoms with Gasteiger partial charge in [0.2, 0.25) is 0 Å². The zero-order valence-electron chi connectivity index (χ0n) is 10.8. The summed E-state index contributed by atoms with van der Waals surface area (Å²) in [6, 6.07) is 9.74. The molecule has 0 radical (unpaired) electrons. The lowest BCUT2D eigenvalue weighted by Crippen LogP contribution is -2.15. The quantitative estimate of drug-likeness (QED) is 0.680. The largest absolute Gasteiger partial charge is 0.479 e. The van der Waals surface area contributed by atoms with Crippen LogP contribution in [0.2, 0.25) is 0 Å². The molecule has 0 amide bonds. The topological polar surface area (TPSA) is 54.3 Å². The Morgan fingerprint density at radius 3 is 2.67 bits per heavy atom. The molecule has 0 spiro atoms. The van der Waals surface area contributed by atoms with E-state index in [4.69, 9.17) is 14.7 Å². The molecule has 4 nitrogen and oxygen atoms in total. The van der Waals surface area contributed by atoms with Crippen LogP contribution in [0.4, 0.5) is 0 Å². The SMILES string of the molecule is COCCCCNCc1ccc(OCC#N)cc1. The molecule has 0 fully saturated rings. The van der Waals surface area contributed by atoms with Crippen LogP contribution in [0.1, 0.15) is 18.4 Å². The van der Waals surface area contributed by atoms with Gasteiger partial charge in [0.05, 0.1) is 0 Å². The highest BCUT2D eigenvalue weighted by atomic mass is 16.5. The standard InChI is InChI=1S/C14H20N2O2/c1-17-10-3-2-9-16-12-13-4-6-14(7-5-13)18-11-8-15/h4-7,16H,2-3,9-12H2,1H3. The van der Waals surface area contributed by atoms with Crippen molar-refractivity contribution in [1.29, 1.82) is 5.26 Å². The summed E-state index contributed by atoms with van der Waals surface area (Å²) in [4.78, 5) is 0. The molecule has 1 N–H and O–H groups in total. The second-order valence-corrected chi connectivity index (χ2v) is 3.97. The van der Waals surface area contributed by atoms with Crippen LogP contribution in [0.3, 0.4) is 0 Å². The van der Waals surface area contributed by atoms with Gasteiger partial charge in [0, 0.05) is 20.3 Å². The van der Waals surface area contributed by atoms with E-state index in [0.29, 0.717) is 0 Å². The second-order valence-electron chi connectivity index (χ2n) is 3.97. The number of hydrogen-bond acceptors (Lipinski definition) is 4. The molecule has 0 aliphatic heterocycles. The zero-order chi connectivity index (χ0) is 13.1. The minimum atomic E-state index is 0.0943. The van der Waals surface area contributed by atoms with Gasteiger partial charge < -0.3 is 14.8 Å². The molecule has 0 bridgehead atoms. The average Bonchev–Trinajstić information content (AvgIpc) is 2.42. The van der Waals surface area contributed by atoms with Crippen LogP contribution >= 0.6 is 0 Å². The summed E-state index contributed by atoms with van der Waals surface area (Å²) in [5.74, 6) is 0.736. The number of nitriles is 1. The monoisotopic (exact) mass is 248 g/mol. The van der Waals surface area contributed by atoms with Gasteiger partial charge in [-0.2, -0.15) is 5.26 Å². The van der Waals surface area contributed by atoms with Crippen molar-refractivity contribution in [2.75, 3.05) is 26.9 Å². The van der Waals surface area contributed by atoms with Gasteiger partial charge in [0.15, 0.2) is 6.61 Å². The lowest BCUT2D eigenvalue weighted by atomic mass is 10.2. The van der Waals surface area contributed by atoms with Crippen LogP contribution in [-0.2, 0) is 11.3 Å². The molecule has 1 aromatic carbocycles.